The summed E-state index contributed by atoms with van der Waals surface area (Å²) >= 11 is 0. The fourth-order valence-corrected chi connectivity index (χ4v) is 8.07. The van der Waals surface area contributed by atoms with E-state index in [2.05, 4.69) is 31.3 Å². The molecule has 57 heavy (non-hydrogen) atoms. The lowest BCUT2D eigenvalue weighted by atomic mass is 10.0. The number of phosphoric acid groups is 1. The van der Waals surface area contributed by atoms with E-state index in [0.717, 1.165) is 38.5 Å². The Morgan fingerprint density at radius 1 is 0.579 bits per heavy atom. The van der Waals surface area contributed by atoms with Crippen LogP contribution in [0, 0.1) is 0 Å². The number of aliphatic hydroxyl groups is 1. The van der Waals surface area contributed by atoms with Gasteiger partial charge in [-0.05, 0) is 38.5 Å². The van der Waals surface area contributed by atoms with Crippen molar-refractivity contribution in [1.29, 1.82) is 0 Å². The number of aliphatic hydroxyl groups excluding tert-OH is 1. The van der Waals surface area contributed by atoms with Gasteiger partial charge in [0.05, 0.1) is 39.9 Å². The molecule has 0 aliphatic heterocycles. The van der Waals surface area contributed by atoms with Gasteiger partial charge in [0.2, 0.25) is 5.91 Å². The molecule has 0 aromatic carbocycles. The number of hydrogen-bond acceptors (Lipinski definition) is 5. The van der Waals surface area contributed by atoms with Gasteiger partial charge in [-0.3, -0.25) is 13.8 Å². The van der Waals surface area contributed by atoms with Crippen molar-refractivity contribution in [3.05, 3.63) is 12.2 Å². The molecule has 340 valence electrons. The Hall–Kier alpha value is -0.760. The number of carbonyl (C=O) groups excluding carboxylic acids is 1. The monoisotopic (exact) mass is 830 g/mol. The lowest BCUT2D eigenvalue weighted by molar-refractivity contribution is -0.870. The molecule has 0 bridgehead atoms. The second-order valence-electron chi connectivity index (χ2n) is 18.2. The van der Waals surface area contributed by atoms with Crippen LogP contribution < -0.4 is 5.32 Å². The standard InChI is InChI=1S/C48H97N2O6P/c1-6-8-10-12-14-16-18-20-21-22-23-24-25-26-27-28-30-32-34-36-38-40-42-48(52)49-46(45-56-57(53,54)55-44-43-50(3,4)5)47(51)41-39-37-35-33-31-29-19-17-15-13-11-9-7-2/h25-26,46-47,51H,6-24,27-45H2,1-5H3,(H-,49,52,53,54)/p+1/b26-25-. The molecule has 0 aromatic rings. The number of nitrogens with one attached hydrogen (secondary N) is 1. The molecule has 0 spiro atoms. The zero-order valence-electron chi connectivity index (χ0n) is 38.6. The predicted molar refractivity (Wildman–Crippen MR) is 245 cm³/mol. The van der Waals surface area contributed by atoms with Crippen LogP contribution in [0.15, 0.2) is 12.2 Å². The number of allylic oxidation sites excluding steroid dienone is 2. The fraction of sp³-hybridized carbons (Fsp3) is 0.938. The molecule has 0 saturated carbocycles. The number of likely N-dealkylation sites (N-methyl/N-ethyl adjacent to an activating group) is 1. The lowest BCUT2D eigenvalue weighted by Crippen LogP contribution is -2.46. The van der Waals surface area contributed by atoms with Crippen LogP contribution in [0.5, 0.6) is 0 Å². The van der Waals surface area contributed by atoms with Crippen LogP contribution in [0.4, 0.5) is 0 Å². The van der Waals surface area contributed by atoms with Gasteiger partial charge >= 0.3 is 7.82 Å². The van der Waals surface area contributed by atoms with E-state index in [0.29, 0.717) is 23.9 Å². The highest BCUT2D eigenvalue weighted by Crippen LogP contribution is 2.43. The Labute approximate surface area is 354 Å². The van der Waals surface area contributed by atoms with Gasteiger partial charge in [0.15, 0.2) is 0 Å². The van der Waals surface area contributed by atoms with Crippen LogP contribution >= 0.6 is 7.82 Å². The molecule has 1 amide bonds. The van der Waals surface area contributed by atoms with E-state index < -0.39 is 20.0 Å². The van der Waals surface area contributed by atoms with E-state index in [1.807, 2.05) is 21.1 Å². The van der Waals surface area contributed by atoms with Crippen LogP contribution in [0.2, 0.25) is 0 Å². The fourth-order valence-electron chi connectivity index (χ4n) is 7.34. The molecule has 0 aliphatic rings. The van der Waals surface area contributed by atoms with Crippen molar-refractivity contribution in [3.63, 3.8) is 0 Å². The molecular formula is C48H98N2O6P+. The largest absolute Gasteiger partial charge is 0.472 e. The minimum absolute atomic E-state index is 0.0758. The smallest absolute Gasteiger partial charge is 0.391 e. The Morgan fingerprint density at radius 2 is 0.947 bits per heavy atom. The van der Waals surface area contributed by atoms with Gasteiger partial charge < -0.3 is 19.8 Å². The predicted octanol–water partition coefficient (Wildman–Crippen LogP) is 13.9. The van der Waals surface area contributed by atoms with Crippen LogP contribution in [0.1, 0.15) is 239 Å². The van der Waals surface area contributed by atoms with Gasteiger partial charge in [-0.15, -0.1) is 0 Å². The highest BCUT2D eigenvalue weighted by molar-refractivity contribution is 7.47. The third kappa shape index (κ3) is 43.1. The first-order chi connectivity index (χ1) is 27.5. The number of hydrogen-bond donors (Lipinski definition) is 3. The van der Waals surface area contributed by atoms with Crippen molar-refractivity contribution < 1.29 is 32.9 Å². The molecule has 0 saturated heterocycles. The molecule has 0 aliphatic carbocycles. The third-order valence-corrected chi connectivity index (χ3v) is 12.2. The molecule has 3 unspecified atom stereocenters. The summed E-state index contributed by atoms with van der Waals surface area (Å²) in [6, 6.07) is -0.758. The Kier molecular flexibility index (Phi) is 40.1. The Bertz CT molecular complexity index is 942. The molecule has 3 atom stereocenters. The molecule has 0 rings (SSSR count). The van der Waals surface area contributed by atoms with Crippen LogP contribution in [0.3, 0.4) is 0 Å². The first kappa shape index (κ1) is 56.2. The zero-order chi connectivity index (χ0) is 42.1. The van der Waals surface area contributed by atoms with E-state index in [1.54, 1.807) is 0 Å². The summed E-state index contributed by atoms with van der Waals surface area (Å²) in [6.07, 6.45) is 46.7. The van der Waals surface area contributed by atoms with Gasteiger partial charge in [0, 0.05) is 6.42 Å². The highest BCUT2D eigenvalue weighted by Gasteiger charge is 2.28. The van der Waals surface area contributed by atoms with Crippen LogP contribution in [-0.2, 0) is 18.4 Å². The second kappa shape index (κ2) is 40.6. The molecule has 3 N–H and O–H groups in total. The summed E-state index contributed by atoms with van der Waals surface area (Å²) in [4.78, 5) is 23.2. The second-order valence-corrected chi connectivity index (χ2v) is 19.6. The van der Waals surface area contributed by atoms with Crippen molar-refractivity contribution in [2.24, 2.45) is 0 Å². The van der Waals surface area contributed by atoms with E-state index >= 15 is 0 Å². The van der Waals surface area contributed by atoms with Gasteiger partial charge in [0.25, 0.3) is 0 Å². The molecule has 0 heterocycles. The van der Waals surface area contributed by atoms with Crippen molar-refractivity contribution >= 4 is 13.7 Å². The summed E-state index contributed by atoms with van der Waals surface area (Å²) in [7, 11) is 1.62. The van der Waals surface area contributed by atoms with Crippen LogP contribution in [-0.4, -0.2) is 73.4 Å². The summed E-state index contributed by atoms with van der Waals surface area (Å²) in [5.74, 6) is -0.147. The van der Waals surface area contributed by atoms with Crippen molar-refractivity contribution in [3.8, 4) is 0 Å². The first-order valence-electron chi connectivity index (χ1n) is 24.6. The van der Waals surface area contributed by atoms with E-state index in [1.165, 1.54) is 173 Å². The number of rotatable bonds is 45. The lowest BCUT2D eigenvalue weighted by Gasteiger charge is -2.26. The minimum Gasteiger partial charge on any atom is -0.391 e. The number of phosphoric ester groups is 1. The van der Waals surface area contributed by atoms with Crippen molar-refractivity contribution in [2.75, 3.05) is 40.9 Å². The van der Waals surface area contributed by atoms with Gasteiger partial charge in [-0.1, -0.05) is 206 Å². The van der Waals surface area contributed by atoms with Crippen molar-refractivity contribution in [1.82, 2.24) is 5.32 Å². The average Bonchev–Trinajstić information content (AvgIpc) is 3.16. The number of nitrogens with zero attached hydrogens (tertiary/aromatic N) is 1. The SMILES string of the molecule is CCCCCCCCCCCCC/C=C\CCCCCCCCCC(=O)NC(COP(=O)(O)OCC[N+](C)(C)C)C(O)CCCCCCCCCCCCCCC. The minimum atomic E-state index is -4.31. The maximum absolute atomic E-state index is 12.9. The zero-order valence-corrected chi connectivity index (χ0v) is 39.5. The Balaban J connectivity index is 4.23. The maximum Gasteiger partial charge on any atom is 0.472 e. The molecule has 8 nitrogen and oxygen atoms in total. The normalized spacial score (nSPS) is 14.3. The summed E-state index contributed by atoms with van der Waals surface area (Å²) < 4.78 is 23.7. The first-order valence-corrected chi connectivity index (χ1v) is 26.0. The summed E-state index contributed by atoms with van der Waals surface area (Å²) in [5, 5.41) is 14.0. The molecule has 0 radical (unpaired) electrons. The summed E-state index contributed by atoms with van der Waals surface area (Å²) in [5.41, 5.74) is 0. The number of carbonyl (C=O) groups is 1. The van der Waals surface area contributed by atoms with E-state index in [9.17, 15) is 19.4 Å². The van der Waals surface area contributed by atoms with E-state index in [-0.39, 0.29) is 19.1 Å². The number of amides is 1. The van der Waals surface area contributed by atoms with Gasteiger partial charge in [-0.25, -0.2) is 4.57 Å². The Morgan fingerprint density at radius 3 is 1.35 bits per heavy atom. The average molecular weight is 830 g/mol. The van der Waals surface area contributed by atoms with Gasteiger partial charge in [0.1, 0.15) is 13.2 Å². The topological polar surface area (TPSA) is 105 Å². The third-order valence-electron chi connectivity index (χ3n) is 11.3. The van der Waals surface area contributed by atoms with Crippen LogP contribution in [0.25, 0.3) is 0 Å². The van der Waals surface area contributed by atoms with Crippen molar-refractivity contribution in [2.45, 2.75) is 251 Å². The number of quaternary nitrogens is 1. The molecule has 0 aromatic heterocycles. The molecule has 0 fully saturated rings. The number of unbranched alkanes of at least 4 members (excludes halogenated alkanes) is 30. The van der Waals surface area contributed by atoms with E-state index in [4.69, 9.17) is 9.05 Å². The molecular weight excluding hydrogens is 732 g/mol. The van der Waals surface area contributed by atoms with Gasteiger partial charge in [-0.2, -0.15) is 0 Å². The quantitative estimate of drug-likeness (QED) is 0.0244. The highest BCUT2D eigenvalue weighted by atomic mass is 31.2. The summed E-state index contributed by atoms with van der Waals surface area (Å²) in [6.45, 7) is 4.90. The maximum atomic E-state index is 12.9. The molecule has 9 heteroatoms.